The highest BCUT2D eigenvalue weighted by Crippen LogP contribution is 2.32. The molecule has 0 saturated carbocycles. The molecular formula is C22H18F3N7O. The Morgan fingerprint density at radius 2 is 1.55 bits per heavy atom. The maximum atomic E-state index is 12.8. The molecule has 168 valence electrons. The van der Waals surface area contributed by atoms with Crippen LogP contribution in [0.1, 0.15) is 5.69 Å². The van der Waals surface area contributed by atoms with Gasteiger partial charge in [-0.05, 0) is 42.5 Å². The summed E-state index contributed by atoms with van der Waals surface area (Å²) in [5.41, 5.74) is 19.2. The molecule has 0 fully saturated rings. The van der Waals surface area contributed by atoms with E-state index < -0.39 is 11.9 Å². The Morgan fingerprint density at radius 1 is 0.788 bits per heavy atom. The summed E-state index contributed by atoms with van der Waals surface area (Å²) in [6.45, 7) is 0. The van der Waals surface area contributed by atoms with Crippen molar-refractivity contribution in [3.63, 3.8) is 0 Å². The lowest BCUT2D eigenvalue weighted by Gasteiger charge is -2.11. The summed E-state index contributed by atoms with van der Waals surface area (Å²) in [7, 11) is 0. The first-order valence-electron chi connectivity index (χ1n) is 9.55. The topological polar surface area (TPSA) is 138 Å². The molecule has 0 amide bonds. The number of hydrogen-bond donors (Lipinski definition) is 4. The van der Waals surface area contributed by atoms with Crippen LogP contribution in [0.2, 0.25) is 0 Å². The Bertz CT molecular complexity index is 1290. The molecule has 0 aliphatic rings. The van der Waals surface area contributed by atoms with Gasteiger partial charge in [0.1, 0.15) is 23.0 Å². The predicted octanol–water partition coefficient (Wildman–Crippen LogP) is 4.84. The highest BCUT2D eigenvalue weighted by atomic mass is 19.4. The van der Waals surface area contributed by atoms with Crippen molar-refractivity contribution in [1.29, 1.82) is 0 Å². The van der Waals surface area contributed by atoms with E-state index in [-0.39, 0.29) is 11.7 Å². The van der Waals surface area contributed by atoms with Crippen LogP contribution in [0, 0.1) is 0 Å². The summed E-state index contributed by atoms with van der Waals surface area (Å²) in [4.78, 5) is 11.7. The van der Waals surface area contributed by atoms with Gasteiger partial charge in [-0.2, -0.15) is 18.2 Å². The number of halogens is 3. The minimum Gasteiger partial charge on any atom is -0.457 e. The second-order valence-electron chi connectivity index (χ2n) is 6.97. The fourth-order valence-corrected chi connectivity index (χ4v) is 2.93. The van der Waals surface area contributed by atoms with Crippen molar-refractivity contribution in [2.45, 2.75) is 6.18 Å². The summed E-state index contributed by atoms with van der Waals surface area (Å²) in [6, 6.07) is 15.6. The summed E-state index contributed by atoms with van der Waals surface area (Å²) in [6.07, 6.45) is -3.51. The molecule has 4 aromatic rings. The van der Waals surface area contributed by atoms with E-state index in [1.807, 2.05) is 0 Å². The molecule has 2 heterocycles. The molecule has 11 heteroatoms. The average Bonchev–Trinajstić information content (AvgIpc) is 2.76. The van der Waals surface area contributed by atoms with Crippen molar-refractivity contribution < 1.29 is 17.9 Å². The van der Waals surface area contributed by atoms with Crippen molar-refractivity contribution in [1.82, 2.24) is 15.0 Å². The maximum Gasteiger partial charge on any atom is 0.433 e. The molecule has 0 radical (unpaired) electrons. The number of nitrogens with zero attached hydrogens (tertiary/aromatic N) is 3. The standard InChI is InChI=1S/C22H18F3N7O/c23-22(24,25)19-10-15(7-8-29-19)33-14-4-2-13(3-5-14)30-20-11-18(31-21(28)32-20)12-1-6-16(26)17(27)9-12/h1-11H,26-27H2,(H3,28,30,31,32). The van der Waals surface area contributed by atoms with Gasteiger partial charge in [0.05, 0.1) is 17.1 Å². The smallest absolute Gasteiger partial charge is 0.433 e. The quantitative estimate of drug-likeness (QED) is 0.315. The molecule has 4 rings (SSSR count). The van der Waals surface area contributed by atoms with Crippen LogP contribution in [0.25, 0.3) is 11.3 Å². The van der Waals surface area contributed by atoms with Crippen LogP contribution in [-0.2, 0) is 6.18 Å². The van der Waals surface area contributed by atoms with E-state index in [1.54, 1.807) is 48.5 Å². The average molecular weight is 453 g/mol. The number of hydrogen-bond acceptors (Lipinski definition) is 8. The van der Waals surface area contributed by atoms with Gasteiger partial charge in [-0.25, -0.2) is 4.98 Å². The van der Waals surface area contributed by atoms with Crippen molar-refractivity contribution >= 4 is 28.8 Å². The van der Waals surface area contributed by atoms with E-state index in [0.717, 1.165) is 17.8 Å². The highest BCUT2D eigenvalue weighted by molar-refractivity contribution is 5.75. The van der Waals surface area contributed by atoms with Gasteiger partial charge in [-0.1, -0.05) is 6.07 Å². The molecule has 0 unspecified atom stereocenters. The van der Waals surface area contributed by atoms with Gasteiger partial charge in [-0.3, -0.25) is 4.98 Å². The highest BCUT2D eigenvalue weighted by Gasteiger charge is 2.32. The van der Waals surface area contributed by atoms with Crippen molar-refractivity contribution in [3.05, 3.63) is 72.6 Å². The van der Waals surface area contributed by atoms with E-state index in [1.165, 1.54) is 6.07 Å². The monoisotopic (exact) mass is 453 g/mol. The normalized spacial score (nSPS) is 11.2. The van der Waals surface area contributed by atoms with Crippen LogP contribution in [0.4, 0.5) is 42.0 Å². The number of aromatic nitrogens is 3. The maximum absolute atomic E-state index is 12.8. The zero-order valence-electron chi connectivity index (χ0n) is 17.0. The van der Waals surface area contributed by atoms with Gasteiger partial charge in [0.15, 0.2) is 0 Å². The Balaban J connectivity index is 1.50. The van der Waals surface area contributed by atoms with Crippen molar-refractivity contribution in [2.75, 3.05) is 22.5 Å². The van der Waals surface area contributed by atoms with Crippen LogP contribution in [-0.4, -0.2) is 15.0 Å². The molecule has 2 aromatic carbocycles. The second-order valence-corrected chi connectivity index (χ2v) is 6.97. The van der Waals surface area contributed by atoms with Gasteiger partial charge >= 0.3 is 6.18 Å². The molecule has 8 nitrogen and oxygen atoms in total. The van der Waals surface area contributed by atoms with Gasteiger partial charge in [-0.15, -0.1) is 0 Å². The van der Waals surface area contributed by atoms with Crippen LogP contribution >= 0.6 is 0 Å². The number of pyridine rings is 1. The lowest BCUT2D eigenvalue weighted by molar-refractivity contribution is -0.141. The number of benzene rings is 2. The zero-order chi connectivity index (χ0) is 23.6. The summed E-state index contributed by atoms with van der Waals surface area (Å²) >= 11 is 0. The van der Waals surface area contributed by atoms with Crippen LogP contribution < -0.4 is 27.3 Å². The van der Waals surface area contributed by atoms with Crippen molar-refractivity contribution in [3.8, 4) is 22.8 Å². The van der Waals surface area contributed by atoms with E-state index in [9.17, 15) is 13.2 Å². The first-order chi connectivity index (χ1) is 15.7. The third-order valence-electron chi connectivity index (χ3n) is 4.51. The van der Waals surface area contributed by atoms with Gasteiger partial charge in [0, 0.05) is 29.6 Å². The van der Waals surface area contributed by atoms with E-state index in [4.69, 9.17) is 21.9 Å². The fourth-order valence-electron chi connectivity index (χ4n) is 2.93. The number of nitrogens with one attached hydrogen (secondary N) is 1. The molecule has 0 aliphatic heterocycles. The number of ether oxygens (including phenoxy) is 1. The van der Waals surface area contributed by atoms with Gasteiger partial charge in [0.25, 0.3) is 0 Å². The molecule has 0 spiro atoms. The van der Waals surface area contributed by atoms with E-state index in [0.29, 0.717) is 34.3 Å². The number of alkyl halides is 3. The second kappa shape index (κ2) is 8.54. The third kappa shape index (κ3) is 5.21. The Kier molecular flexibility index (Phi) is 5.61. The number of anilines is 5. The molecule has 0 aliphatic carbocycles. The Labute approximate surface area is 186 Å². The number of rotatable bonds is 5. The molecule has 0 atom stereocenters. The lowest BCUT2D eigenvalue weighted by Crippen LogP contribution is -2.07. The van der Waals surface area contributed by atoms with Crippen LogP contribution in [0.3, 0.4) is 0 Å². The van der Waals surface area contributed by atoms with Crippen molar-refractivity contribution in [2.24, 2.45) is 0 Å². The third-order valence-corrected chi connectivity index (χ3v) is 4.51. The lowest BCUT2D eigenvalue weighted by atomic mass is 10.1. The largest absolute Gasteiger partial charge is 0.457 e. The SMILES string of the molecule is Nc1nc(Nc2ccc(Oc3ccnc(C(F)(F)F)c3)cc2)cc(-c2ccc(N)c(N)c2)n1. The molecule has 0 saturated heterocycles. The first kappa shape index (κ1) is 21.7. The van der Waals surface area contributed by atoms with E-state index in [2.05, 4.69) is 20.3 Å². The zero-order valence-corrected chi connectivity index (χ0v) is 17.0. The van der Waals surface area contributed by atoms with Crippen LogP contribution in [0.15, 0.2) is 66.9 Å². The minimum absolute atomic E-state index is 0.0222. The molecule has 33 heavy (non-hydrogen) atoms. The summed E-state index contributed by atoms with van der Waals surface area (Å²) in [5.74, 6) is 0.864. The summed E-state index contributed by atoms with van der Waals surface area (Å²) < 4.78 is 43.9. The van der Waals surface area contributed by atoms with Gasteiger partial charge < -0.3 is 27.3 Å². The minimum atomic E-state index is -4.55. The predicted molar refractivity (Wildman–Crippen MR) is 120 cm³/mol. The van der Waals surface area contributed by atoms with Gasteiger partial charge in [0.2, 0.25) is 5.95 Å². The molecular weight excluding hydrogens is 435 g/mol. The fraction of sp³-hybridized carbons (Fsp3) is 0.0455. The Morgan fingerprint density at radius 3 is 2.24 bits per heavy atom. The number of nitrogens with two attached hydrogens (primary N) is 3. The summed E-state index contributed by atoms with van der Waals surface area (Å²) in [5, 5.41) is 3.10. The molecule has 2 aromatic heterocycles. The first-order valence-corrected chi connectivity index (χ1v) is 9.55. The number of nitrogen functional groups attached to an aromatic ring is 3. The van der Waals surface area contributed by atoms with E-state index >= 15 is 0 Å². The van der Waals surface area contributed by atoms with Crippen LogP contribution in [0.5, 0.6) is 11.5 Å². The molecule has 0 bridgehead atoms. The molecule has 7 N–H and O–H groups in total. The Hall–Kier alpha value is -4.54.